The minimum absolute atomic E-state index is 0.153. The number of benzene rings is 2. The molecule has 0 bridgehead atoms. The molecule has 1 atom stereocenters. The van der Waals surface area contributed by atoms with Crippen molar-refractivity contribution in [2.45, 2.75) is 12.5 Å². The van der Waals surface area contributed by atoms with E-state index in [1.165, 1.54) is 19.8 Å². The van der Waals surface area contributed by atoms with E-state index in [0.717, 1.165) is 24.2 Å². The van der Waals surface area contributed by atoms with E-state index >= 15 is 0 Å². The predicted molar refractivity (Wildman–Crippen MR) is 126 cm³/mol. The van der Waals surface area contributed by atoms with Gasteiger partial charge < -0.3 is 25.0 Å². The highest BCUT2D eigenvalue weighted by atomic mass is 16.5. The third kappa shape index (κ3) is 4.90. The van der Waals surface area contributed by atoms with Crippen LogP contribution >= 0.6 is 0 Å². The number of anilines is 2. The molecule has 0 radical (unpaired) electrons. The predicted octanol–water partition coefficient (Wildman–Crippen LogP) is 2.96. The summed E-state index contributed by atoms with van der Waals surface area (Å²) in [5, 5.41) is 5.39. The zero-order valence-electron chi connectivity index (χ0n) is 18.6. The summed E-state index contributed by atoms with van der Waals surface area (Å²) in [6.07, 6.45) is 4.44. The van der Waals surface area contributed by atoms with Gasteiger partial charge in [-0.2, -0.15) is 0 Å². The fourth-order valence-electron chi connectivity index (χ4n) is 4.04. The lowest BCUT2D eigenvalue weighted by atomic mass is 10.1. The van der Waals surface area contributed by atoms with Crippen molar-refractivity contribution in [3.05, 3.63) is 78.1 Å². The standard InChI is InChI=1S/C25H26N4O4/c1-32-22-10-9-19(14-23(22)33-2)28-25(31)24(30)27-16-21(18-7-5-12-26-15-18)29-13-11-17-6-3-4-8-20(17)29/h3-10,12,14-15,21H,11,13,16H2,1-2H3,(H,27,30)(H,28,31)/t21-/m1/s1. The zero-order valence-corrected chi connectivity index (χ0v) is 18.6. The zero-order chi connectivity index (χ0) is 23.2. The Labute approximate surface area is 192 Å². The van der Waals surface area contributed by atoms with Crippen LogP contribution in [-0.2, 0) is 16.0 Å². The number of nitrogens with one attached hydrogen (secondary N) is 2. The summed E-state index contributed by atoms with van der Waals surface area (Å²) >= 11 is 0. The minimum Gasteiger partial charge on any atom is -0.493 e. The SMILES string of the molecule is COc1ccc(NC(=O)C(=O)NC[C@H](c2cccnc2)N2CCc3ccccc32)cc1OC. The second kappa shape index (κ2) is 10.0. The number of ether oxygens (including phenoxy) is 2. The van der Waals surface area contributed by atoms with Crippen LogP contribution in [0.1, 0.15) is 17.2 Å². The quantitative estimate of drug-likeness (QED) is 0.542. The first kappa shape index (κ1) is 22.1. The number of para-hydroxylation sites is 1. The van der Waals surface area contributed by atoms with Gasteiger partial charge in [0.05, 0.1) is 20.3 Å². The van der Waals surface area contributed by atoms with E-state index in [0.29, 0.717) is 17.2 Å². The van der Waals surface area contributed by atoms with Gasteiger partial charge in [0.1, 0.15) is 0 Å². The first-order valence-corrected chi connectivity index (χ1v) is 10.7. The molecule has 2 N–H and O–H groups in total. The van der Waals surface area contributed by atoms with Crippen LogP contribution < -0.4 is 25.0 Å². The van der Waals surface area contributed by atoms with Crippen LogP contribution in [0.5, 0.6) is 11.5 Å². The molecular weight excluding hydrogens is 420 g/mol. The summed E-state index contributed by atoms with van der Waals surface area (Å²) in [5.41, 5.74) is 3.80. The van der Waals surface area contributed by atoms with Crippen LogP contribution in [0.2, 0.25) is 0 Å². The van der Waals surface area contributed by atoms with Gasteiger partial charge in [-0.25, -0.2) is 0 Å². The van der Waals surface area contributed by atoms with Crippen molar-refractivity contribution >= 4 is 23.2 Å². The number of aromatic nitrogens is 1. The fraction of sp³-hybridized carbons (Fsp3) is 0.240. The number of rotatable bonds is 7. The molecule has 3 aromatic rings. The highest BCUT2D eigenvalue weighted by Crippen LogP contribution is 2.34. The minimum atomic E-state index is -0.756. The maximum Gasteiger partial charge on any atom is 0.313 e. The van der Waals surface area contributed by atoms with Gasteiger partial charge >= 0.3 is 11.8 Å². The molecule has 2 heterocycles. The molecule has 1 aromatic heterocycles. The van der Waals surface area contributed by atoms with Gasteiger partial charge in [0.2, 0.25) is 0 Å². The van der Waals surface area contributed by atoms with E-state index in [4.69, 9.17) is 9.47 Å². The molecule has 8 heteroatoms. The third-order valence-corrected chi connectivity index (χ3v) is 5.67. The van der Waals surface area contributed by atoms with Crippen molar-refractivity contribution in [2.24, 2.45) is 0 Å². The van der Waals surface area contributed by atoms with E-state index in [1.807, 2.05) is 24.3 Å². The van der Waals surface area contributed by atoms with Crippen LogP contribution in [0, 0.1) is 0 Å². The summed E-state index contributed by atoms with van der Waals surface area (Å²) in [6.45, 7) is 1.09. The van der Waals surface area contributed by atoms with Gasteiger partial charge in [-0.05, 0) is 41.8 Å². The van der Waals surface area contributed by atoms with Crippen LogP contribution in [0.15, 0.2) is 67.0 Å². The summed E-state index contributed by atoms with van der Waals surface area (Å²) in [7, 11) is 3.03. The van der Waals surface area contributed by atoms with Crippen molar-refractivity contribution in [2.75, 3.05) is 37.5 Å². The molecule has 170 valence electrons. The molecule has 2 aromatic carbocycles. The monoisotopic (exact) mass is 446 g/mol. The first-order chi connectivity index (χ1) is 16.1. The molecule has 0 aliphatic carbocycles. The van der Waals surface area contributed by atoms with Crippen LogP contribution in [0.4, 0.5) is 11.4 Å². The number of carbonyl (C=O) groups excluding carboxylic acids is 2. The van der Waals surface area contributed by atoms with Crippen LogP contribution in [0.3, 0.4) is 0 Å². The molecule has 0 saturated carbocycles. The molecular formula is C25H26N4O4. The molecule has 4 rings (SSSR count). The number of carbonyl (C=O) groups is 2. The molecule has 0 unspecified atom stereocenters. The molecule has 1 aliphatic heterocycles. The average molecular weight is 447 g/mol. The van der Waals surface area contributed by atoms with Gasteiger partial charge in [-0.1, -0.05) is 24.3 Å². The Kier molecular flexibility index (Phi) is 6.73. The van der Waals surface area contributed by atoms with Crippen molar-refractivity contribution in [1.82, 2.24) is 10.3 Å². The van der Waals surface area contributed by atoms with Crippen LogP contribution in [-0.4, -0.2) is 44.1 Å². The lowest BCUT2D eigenvalue weighted by molar-refractivity contribution is -0.136. The normalized spacial score (nSPS) is 13.1. The fourth-order valence-corrected chi connectivity index (χ4v) is 4.04. The van der Waals surface area contributed by atoms with Gasteiger partial charge in [0, 0.05) is 42.9 Å². The summed E-state index contributed by atoms with van der Waals surface area (Å²) in [6, 6.07) is 16.8. The molecule has 2 amide bonds. The van der Waals surface area contributed by atoms with Crippen molar-refractivity contribution < 1.29 is 19.1 Å². The number of methoxy groups -OCH3 is 2. The number of hydrogen-bond acceptors (Lipinski definition) is 6. The number of amides is 2. The molecule has 0 fully saturated rings. The summed E-state index contributed by atoms with van der Waals surface area (Å²) < 4.78 is 10.4. The topological polar surface area (TPSA) is 92.8 Å². The summed E-state index contributed by atoms with van der Waals surface area (Å²) in [4.78, 5) is 31.6. The van der Waals surface area contributed by atoms with Gasteiger partial charge in [0.15, 0.2) is 11.5 Å². The Morgan fingerprint density at radius 3 is 2.61 bits per heavy atom. The highest BCUT2D eigenvalue weighted by molar-refractivity contribution is 6.39. The Bertz CT molecular complexity index is 1140. The van der Waals surface area contributed by atoms with E-state index < -0.39 is 11.8 Å². The van der Waals surface area contributed by atoms with E-state index in [-0.39, 0.29) is 12.6 Å². The maximum atomic E-state index is 12.6. The highest BCUT2D eigenvalue weighted by Gasteiger charge is 2.28. The van der Waals surface area contributed by atoms with Gasteiger partial charge in [-0.3, -0.25) is 14.6 Å². The van der Waals surface area contributed by atoms with Crippen molar-refractivity contribution in [3.63, 3.8) is 0 Å². The van der Waals surface area contributed by atoms with Crippen molar-refractivity contribution in [1.29, 1.82) is 0 Å². The van der Waals surface area contributed by atoms with Crippen LogP contribution in [0.25, 0.3) is 0 Å². The second-order valence-electron chi connectivity index (χ2n) is 7.61. The number of hydrogen-bond donors (Lipinski definition) is 2. The van der Waals surface area contributed by atoms with E-state index in [1.54, 1.807) is 30.6 Å². The second-order valence-corrected chi connectivity index (χ2v) is 7.61. The first-order valence-electron chi connectivity index (χ1n) is 10.7. The van der Waals surface area contributed by atoms with Crippen molar-refractivity contribution in [3.8, 4) is 11.5 Å². The molecule has 1 aliphatic rings. The number of pyridine rings is 1. The smallest absolute Gasteiger partial charge is 0.313 e. The maximum absolute atomic E-state index is 12.6. The molecule has 0 saturated heterocycles. The lowest BCUT2D eigenvalue weighted by Gasteiger charge is -2.30. The summed E-state index contributed by atoms with van der Waals surface area (Å²) in [5.74, 6) is -0.481. The Morgan fingerprint density at radius 1 is 1.03 bits per heavy atom. The van der Waals surface area contributed by atoms with Gasteiger partial charge in [-0.15, -0.1) is 0 Å². The molecule has 0 spiro atoms. The molecule has 8 nitrogen and oxygen atoms in total. The average Bonchev–Trinajstić information content (AvgIpc) is 3.28. The Balaban J connectivity index is 1.46. The third-order valence-electron chi connectivity index (χ3n) is 5.67. The van der Waals surface area contributed by atoms with Gasteiger partial charge in [0.25, 0.3) is 0 Å². The largest absolute Gasteiger partial charge is 0.493 e. The Morgan fingerprint density at radius 2 is 1.85 bits per heavy atom. The van der Waals surface area contributed by atoms with E-state index in [9.17, 15) is 9.59 Å². The molecule has 33 heavy (non-hydrogen) atoms. The number of nitrogens with zero attached hydrogens (tertiary/aromatic N) is 2. The van der Waals surface area contributed by atoms with E-state index in [2.05, 4.69) is 32.7 Å². The Hall–Kier alpha value is -4.07. The number of fused-ring (bicyclic) bond motifs is 1. The lowest BCUT2D eigenvalue weighted by Crippen LogP contribution is -2.41.